The van der Waals surface area contributed by atoms with Crippen molar-refractivity contribution in [1.82, 2.24) is 9.80 Å². The highest BCUT2D eigenvalue weighted by atomic mass is 16.5. The van der Waals surface area contributed by atoms with Crippen LogP contribution in [-0.4, -0.2) is 53.9 Å². The highest BCUT2D eigenvalue weighted by Gasteiger charge is 2.33. The number of amides is 2. The number of benzene rings is 1. The third kappa shape index (κ3) is 5.06. The smallest absolute Gasteiger partial charge is 0.312 e. The first-order valence-electron chi connectivity index (χ1n) is 10.8. The van der Waals surface area contributed by atoms with Gasteiger partial charge in [-0.25, -0.2) is 0 Å². The van der Waals surface area contributed by atoms with E-state index >= 15 is 0 Å². The van der Waals surface area contributed by atoms with Crippen LogP contribution in [0.2, 0.25) is 0 Å². The summed E-state index contributed by atoms with van der Waals surface area (Å²) < 4.78 is 6.06. The summed E-state index contributed by atoms with van der Waals surface area (Å²) in [5, 5.41) is 0. The van der Waals surface area contributed by atoms with E-state index in [0.717, 1.165) is 37.9 Å². The molecule has 2 saturated heterocycles. The van der Waals surface area contributed by atoms with Crippen molar-refractivity contribution in [2.45, 2.75) is 59.0 Å². The topological polar surface area (TPSA) is 49.9 Å². The summed E-state index contributed by atoms with van der Waals surface area (Å²) in [5.74, 6) is 1.53. The average Bonchev–Trinajstić information content (AvgIpc) is 2.74. The van der Waals surface area contributed by atoms with Gasteiger partial charge in [-0.15, -0.1) is 0 Å². The van der Waals surface area contributed by atoms with Crippen LogP contribution in [0.25, 0.3) is 0 Å². The monoisotopic (exact) mass is 386 g/mol. The number of likely N-dealkylation sites (tertiary alicyclic amines) is 2. The van der Waals surface area contributed by atoms with Crippen LogP contribution in [0.5, 0.6) is 5.75 Å². The second-order valence-corrected chi connectivity index (χ2v) is 8.48. The number of aryl methyl sites for hydroxylation is 1. The molecule has 2 heterocycles. The molecule has 2 aliphatic heterocycles. The maximum atomic E-state index is 12.6. The molecular weight excluding hydrogens is 352 g/mol. The molecule has 5 nitrogen and oxygen atoms in total. The Hall–Kier alpha value is -2.04. The van der Waals surface area contributed by atoms with E-state index in [1.54, 1.807) is 9.80 Å². The van der Waals surface area contributed by atoms with E-state index in [1.807, 2.05) is 12.1 Å². The Balaban J connectivity index is 1.45. The predicted octanol–water partition coefficient (Wildman–Crippen LogP) is 3.51. The number of nitrogens with zero attached hydrogens (tertiary/aromatic N) is 2. The number of rotatable bonds is 4. The van der Waals surface area contributed by atoms with Gasteiger partial charge >= 0.3 is 11.8 Å². The predicted molar refractivity (Wildman–Crippen MR) is 110 cm³/mol. The summed E-state index contributed by atoms with van der Waals surface area (Å²) in [6.07, 6.45) is 4.67. The molecule has 1 aromatic carbocycles. The molecule has 5 heteroatoms. The number of piperidine rings is 2. The summed E-state index contributed by atoms with van der Waals surface area (Å²) in [6.45, 7) is 9.20. The summed E-state index contributed by atoms with van der Waals surface area (Å²) >= 11 is 0. The summed E-state index contributed by atoms with van der Waals surface area (Å²) in [7, 11) is 0. The van der Waals surface area contributed by atoms with E-state index in [-0.39, 0.29) is 17.9 Å². The molecule has 0 aliphatic carbocycles. The van der Waals surface area contributed by atoms with Crippen LogP contribution in [-0.2, 0) is 16.0 Å². The lowest BCUT2D eigenvalue weighted by Gasteiger charge is -2.36. The second kappa shape index (κ2) is 9.44. The highest BCUT2D eigenvalue weighted by Crippen LogP contribution is 2.25. The molecule has 2 fully saturated rings. The molecular formula is C23H34N2O3. The number of hydrogen-bond donors (Lipinski definition) is 0. The quantitative estimate of drug-likeness (QED) is 0.744. The van der Waals surface area contributed by atoms with Gasteiger partial charge in [-0.2, -0.15) is 0 Å². The van der Waals surface area contributed by atoms with Gasteiger partial charge in [0.25, 0.3) is 0 Å². The van der Waals surface area contributed by atoms with Crippen molar-refractivity contribution in [2.24, 2.45) is 11.8 Å². The van der Waals surface area contributed by atoms with Crippen LogP contribution >= 0.6 is 0 Å². The van der Waals surface area contributed by atoms with Gasteiger partial charge in [0.05, 0.1) is 0 Å². The molecule has 0 spiro atoms. The van der Waals surface area contributed by atoms with Crippen molar-refractivity contribution in [3.8, 4) is 5.75 Å². The normalized spacial score (nSPS) is 19.1. The van der Waals surface area contributed by atoms with Gasteiger partial charge in [-0.3, -0.25) is 9.59 Å². The van der Waals surface area contributed by atoms with E-state index in [1.165, 1.54) is 5.56 Å². The summed E-state index contributed by atoms with van der Waals surface area (Å²) in [4.78, 5) is 28.7. The van der Waals surface area contributed by atoms with Gasteiger partial charge in [-0.05, 0) is 48.8 Å². The molecule has 0 N–H and O–H groups in total. The van der Waals surface area contributed by atoms with Crippen molar-refractivity contribution >= 4 is 11.8 Å². The zero-order chi connectivity index (χ0) is 20.1. The minimum Gasteiger partial charge on any atom is -0.490 e. The molecule has 0 aromatic heterocycles. The fourth-order valence-electron chi connectivity index (χ4n) is 4.21. The van der Waals surface area contributed by atoms with Gasteiger partial charge < -0.3 is 14.5 Å². The lowest BCUT2D eigenvalue weighted by Crippen LogP contribution is -2.51. The van der Waals surface area contributed by atoms with Crippen molar-refractivity contribution in [3.63, 3.8) is 0 Å². The Labute approximate surface area is 169 Å². The van der Waals surface area contributed by atoms with Gasteiger partial charge in [0.1, 0.15) is 11.9 Å². The van der Waals surface area contributed by atoms with Crippen molar-refractivity contribution < 1.29 is 14.3 Å². The minimum atomic E-state index is -0.339. The second-order valence-electron chi connectivity index (χ2n) is 8.48. The Kier molecular flexibility index (Phi) is 6.97. The summed E-state index contributed by atoms with van der Waals surface area (Å²) in [6, 6.07) is 8.21. The van der Waals surface area contributed by atoms with Crippen LogP contribution in [0.1, 0.15) is 52.0 Å². The number of carbonyl (C=O) groups excluding carboxylic acids is 2. The van der Waals surface area contributed by atoms with Gasteiger partial charge in [0.2, 0.25) is 0 Å². The van der Waals surface area contributed by atoms with Crippen molar-refractivity contribution in [1.29, 1.82) is 0 Å². The Morgan fingerprint density at radius 2 is 1.43 bits per heavy atom. The number of carbonyl (C=O) groups is 2. The van der Waals surface area contributed by atoms with Crippen molar-refractivity contribution in [3.05, 3.63) is 29.8 Å². The lowest BCUT2D eigenvalue weighted by molar-refractivity contribution is -0.153. The van der Waals surface area contributed by atoms with Crippen LogP contribution in [0.15, 0.2) is 24.3 Å². The van der Waals surface area contributed by atoms with E-state index < -0.39 is 0 Å². The molecule has 0 unspecified atom stereocenters. The molecule has 3 rings (SSSR count). The van der Waals surface area contributed by atoms with Gasteiger partial charge in [0, 0.05) is 39.0 Å². The van der Waals surface area contributed by atoms with Crippen LogP contribution < -0.4 is 4.74 Å². The van der Waals surface area contributed by atoms with E-state index in [2.05, 4.69) is 32.9 Å². The fraction of sp³-hybridized carbons (Fsp3) is 0.652. The van der Waals surface area contributed by atoms with Gasteiger partial charge in [-0.1, -0.05) is 32.9 Å². The maximum absolute atomic E-state index is 12.6. The molecule has 154 valence electrons. The van der Waals surface area contributed by atoms with Crippen molar-refractivity contribution in [2.75, 3.05) is 26.2 Å². The first kappa shape index (κ1) is 20.7. The van der Waals surface area contributed by atoms with Crippen LogP contribution in [0.4, 0.5) is 0 Å². The lowest BCUT2D eigenvalue weighted by atomic mass is 9.87. The first-order chi connectivity index (χ1) is 13.5. The maximum Gasteiger partial charge on any atom is 0.312 e. The standard InChI is InChI=1S/C23H34N2O3/c1-4-18-5-7-20(8-6-18)28-21-11-15-25(16-12-21)23(27)22(26)24-13-9-19(10-14-24)17(2)3/h5-8,17,19,21H,4,9-16H2,1-3H3. The van der Waals surface area contributed by atoms with Crippen LogP contribution in [0.3, 0.4) is 0 Å². The molecule has 0 saturated carbocycles. The third-order valence-electron chi connectivity index (χ3n) is 6.32. The SMILES string of the molecule is CCc1ccc(OC2CCN(C(=O)C(=O)N3CCC(C(C)C)CC3)CC2)cc1. The fourth-order valence-corrected chi connectivity index (χ4v) is 4.21. The first-order valence-corrected chi connectivity index (χ1v) is 10.8. The van der Waals surface area contributed by atoms with E-state index in [0.29, 0.717) is 38.0 Å². The van der Waals surface area contributed by atoms with E-state index in [9.17, 15) is 9.59 Å². The zero-order valence-corrected chi connectivity index (χ0v) is 17.5. The molecule has 2 aliphatic rings. The molecule has 0 radical (unpaired) electrons. The van der Waals surface area contributed by atoms with Crippen LogP contribution in [0, 0.1) is 11.8 Å². The average molecular weight is 387 g/mol. The largest absolute Gasteiger partial charge is 0.490 e. The Morgan fingerprint density at radius 3 is 1.89 bits per heavy atom. The number of hydrogen-bond acceptors (Lipinski definition) is 3. The van der Waals surface area contributed by atoms with Gasteiger partial charge in [0.15, 0.2) is 0 Å². The zero-order valence-electron chi connectivity index (χ0n) is 17.5. The summed E-state index contributed by atoms with van der Waals surface area (Å²) in [5.41, 5.74) is 1.30. The molecule has 0 bridgehead atoms. The molecule has 28 heavy (non-hydrogen) atoms. The highest BCUT2D eigenvalue weighted by molar-refractivity contribution is 6.34. The molecule has 2 amide bonds. The third-order valence-corrected chi connectivity index (χ3v) is 6.32. The number of ether oxygens (including phenoxy) is 1. The minimum absolute atomic E-state index is 0.105. The molecule has 0 atom stereocenters. The Bertz CT molecular complexity index is 655. The Morgan fingerprint density at radius 1 is 0.929 bits per heavy atom. The van der Waals surface area contributed by atoms with E-state index in [4.69, 9.17) is 4.74 Å². The molecule has 1 aromatic rings.